The molecule has 2 aromatic carbocycles. The van der Waals surface area contributed by atoms with Gasteiger partial charge in [-0.25, -0.2) is 0 Å². The molecule has 0 saturated carbocycles. The van der Waals surface area contributed by atoms with E-state index in [1.165, 1.54) is 0 Å². The van der Waals surface area contributed by atoms with Crippen LogP contribution in [0.15, 0.2) is 34.8 Å². The van der Waals surface area contributed by atoms with Crippen LogP contribution in [0.4, 0.5) is 0 Å². The number of hydrogen-bond acceptors (Lipinski definition) is 4. The van der Waals surface area contributed by atoms with Gasteiger partial charge in [0, 0.05) is 28.7 Å². The summed E-state index contributed by atoms with van der Waals surface area (Å²) in [4.78, 5) is 0. The third-order valence-electron chi connectivity index (χ3n) is 3.53. The topological polar surface area (TPSA) is 50.7 Å². The zero-order valence-electron chi connectivity index (χ0n) is 14.7. The largest absolute Gasteiger partial charge is 0.490 e. The second kappa shape index (κ2) is 10.4. The molecule has 0 bridgehead atoms. The number of rotatable bonds is 9. The zero-order valence-corrected chi connectivity index (χ0v) is 17.8. The van der Waals surface area contributed by atoms with Crippen molar-refractivity contribution in [3.05, 3.63) is 56.0 Å². The number of ether oxygens (including phenoxy) is 2. The number of nitrogens with one attached hydrogen (secondary N) is 1. The van der Waals surface area contributed by atoms with E-state index in [1.54, 1.807) is 19.1 Å². The van der Waals surface area contributed by atoms with E-state index in [0.717, 1.165) is 15.6 Å². The number of halogens is 3. The van der Waals surface area contributed by atoms with Gasteiger partial charge in [-0.3, -0.25) is 0 Å². The fourth-order valence-electron chi connectivity index (χ4n) is 2.34. The average molecular weight is 463 g/mol. The fraction of sp³-hybridized carbons (Fsp3) is 0.368. The molecule has 4 nitrogen and oxygen atoms in total. The molecule has 0 aliphatic carbocycles. The monoisotopic (exact) mass is 461 g/mol. The van der Waals surface area contributed by atoms with Crippen molar-refractivity contribution in [1.29, 1.82) is 0 Å². The molecule has 0 radical (unpaired) electrons. The Bertz CT molecular complexity index is 741. The minimum Gasteiger partial charge on any atom is -0.490 e. The van der Waals surface area contributed by atoms with Crippen LogP contribution < -0.4 is 14.8 Å². The summed E-state index contributed by atoms with van der Waals surface area (Å²) in [5.41, 5.74) is 1.87. The lowest BCUT2D eigenvalue weighted by Gasteiger charge is -2.16. The minimum absolute atomic E-state index is 0.300. The van der Waals surface area contributed by atoms with E-state index < -0.39 is 6.10 Å². The highest BCUT2D eigenvalue weighted by Crippen LogP contribution is 2.38. The van der Waals surface area contributed by atoms with E-state index in [2.05, 4.69) is 21.2 Å². The lowest BCUT2D eigenvalue weighted by Crippen LogP contribution is -2.23. The van der Waals surface area contributed by atoms with Gasteiger partial charge in [-0.05, 0) is 59.6 Å². The van der Waals surface area contributed by atoms with Crippen LogP contribution in [-0.2, 0) is 13.2 Å². The Kier molecular flexibility index (Phi) is 8.51. The van der Waals surface area contributed by atoms with Crippen LogP contribution in [-0.4, -0.2) is 24.4 Å². The molecule has 2 aromatic rings. The maximum Gasteiger partial charge on any atom is 0.175 e. The van der Waals surface area contributed by atoms with Crippen molar-refractivity contribution in [2.45, 2.75) is 33.1 Å². The highest BCUT2D eigenvalue weighted by Gasteiger charge is 2.13. The van der Waals surface area contributed by atoms with Crippen LogP contribution >= 0.6 is 39.1 Å². The van der Waals surface area contributed by atoms with Gasteiger partial charge in [0.15, 0.2) is 11.5 Å². The van der Waals surface area contributed by atoms with Crippen LogP contribution in [0.3, 0.4) is 0 Å². The number of hydrogen-bond donors (Lipinski definition) is 2. The van der Waals surface area contributed by atoms with Crippen molar-refractivity contribution in [2.24, 2.45) is 0 Å². The lowest BCUT2D eigenvalue weighted by molar-refractivity contribution is 0.191. The van der Waals surface area contributed by atoms with Gasteiger partial charge in [-0.2, -0.15) is 0 Å². The summed E-state index contributed by atoms with van der Waals surface area (Å²) >= 11 is 15.7. The summed E-state index contributed by atoms with van der Waals surface area (Å²) in [6.07, 6.45) is -0.392. The summed E-state index contributed by atoms with van der Waals surface area (Å²) in [5.74, 6) is 1.28. The molecule has 1 unspecified atom stereocenters. The van der Waals surface area contributed by atoms with E-state index in [-0.39, 0.29) is 0 Å². The third kappa shape index (κ3) is 6.32. The van der Waals surface area contributed by atoms with Gasteiger partial charge < -0.3 is 19.9 Å². The van der Waals surface area contributed by atoms with Crippen LogP contribution in [0, 0.1) is 0 Å². The van der Waals surface area contributed by atoms with Gasteiger partial charge in [0.25, 0.3) is 0 Å². The summed E-state index contributed by atoms with van der Waals surface area (Å²) in [6.45, 7) is 5.63. The second-order valence-electron chi connectivity index (χ2n) is 5.84. The van der Waals surface area contributed by atoms with E-state index in [4.69, 9.17) is 32.7 Å². The second-order valence-corrected chi connectivity index (χ2v) is 7.54. The minimum atomic E-state index is -0.392. The summed E-state index contributed by atoms with van der Waals surface area (Å²) in [6, 6.07) is 9.21. The van der Waals surface area contributed by atoms with Gasteiger partial charge in [-0.15, -0.1) is 0 Å². The smallest absolute Gasteiger partial charge is 0.175 e. The predicted octanol–water partition coefficient (Wildman–Crippen LogP) is 5.20. The number of aliphatic hydroxyl groups excluding tert-OH is 1. The Labute approximate surface area is 172 Å². The molecule has 2 rings (SSSR count). The van der Waals surface area contributed by atoms with Crippen molar-refractivity contribution in [3.63, 3.8) is 0 Å². The molecule has 0 aromatic heterocycles. The quantitative estimate of drug-likeness (QED) is 0.537. The van der Waals surface area contributed by atoms with Crippen LogP contribution in [0.25, 0.3) is 0 Å². The normalized spacial score (nSPS) is 12.1. The van der Waals surface area contributed by atoms with E-state index in [0.29, 0.717) is 47.8 Å². The lowest BCUT2D eigenvalue weighted by atomic mass is 10.2. The van der Waals surface area contributed by atoms with E-state index >= 15 is 0 Å². The van der Waals surface area contributed by atoms with Gasteiger partial charge in [0.05, 0.1) is 17.2 Å². The average Bonchev–Trinajstić information content (AvgIpc) is 2.55. The van der Waals surface area contributed by atoms with Crippen molar-refractivity contribution in [1.82, 2.24) is 5.32 Å². The molecule has 142 valence electrons. The highest BCUT2D eigenvalue weighted by atomic mass is 79.9. The molecule has 0 aliphatic heterocycles. The standard InChI is InChI=1S/C19H22BrCl2NO3/c1-3-25-18-7-13(10-23-9-12(2)24)6-16(20)19(18)26-11-14-4-5-15(21)8-17(14)22/h4-8,12,23-24H,3,9-11H2,1-2H3. The Morgan fingerprint density at radius 2 is 1.96 bits per heavy atom. The number of benzene rings is 2. The molecule has 26 heavy (non-hydrogen) atoms. The third-order valence-corrected chi connectivity index (χ3v) is 4.70. The Balaban J connectivity index is 2.15. The molecule has 0 amide bonds. The molecule has 0 aliphatic rings. The summed E-state index contributed by atoms with van der Waals surface area (Å²) in [5, 5.41) is 13.7. The van der Waals surface area contributed by atoms with Crippen LogP contribution in [0.2, 0.25) is 10.0 Å². The molecule has 1 atom stereocenters. The first kappa shape index (κ1) is 21.3. The van der Waals surface area contributed by atoms with Crippen molar-refractivity contribution in [3.8, 4) is 11.5 Å². The van der Waals surface area contributed by atoms with E-state index in [1.807, 2.05) is 25.1 Å². The molecular formula is C19H22BrCl2NO3. The predicted molar refractivity (Wildman–Crippen MR) is 109 cm³/mol. The molecule has 0 saturated heterocycles. The molecule has 7 heteroatoms. The van der Waals surface area contributed by atoms with Crippen molar-refractivity contribution in [2.75, 3.05) is 13.2 Å². The first-order chi connectivity index (χ1) is 12.4. The highest BCUT2D eigenvalue weighted by molar-refractivity contribution is 9.10. The SMILES string of the molecule is CCOc1cc(CNCC(C)O)cc(Br)c1OCc1ccc(Cl)cc1Cl. The van der Waals surface area contributed by atoms with E-state index in [9.17, 15) is 5.11 Å². The van der Waals surface area contributed by atoms with Crippen LogP contribution in [0.1, 0.15) is 25.0 Å². The van der Waals surface area contributed by atoms with Gasteiger partial charge in [-0.1, -0.05) is 29.3 Å². The fourth-order valence-corrected chi connectivity index (χ4v) is 3.41. The Morgan fingerprint density at radius 1 is 1.19 bits per heavy atom. The van der Waals surface area contributed by atoms with Crippen molar-refractivity contribution < 1.29 is 14.6 Å². The van der Waals surface area contributed by atoms with Crippen molar-refractivity contribution >= 4 is 39.1 Å². The molecule has 0 fully saturated rings. The summed E-state index contributed by atoms with van der Waals surface area (Å²) in [7, 11) is 0. The summed E-state index contributed by atoms with van der Waals surface area (Å²) < 4.78 is 12.5. The number of aliphatic hydroxyl groups is 1. The molecule has 2 N–H and O–H groups in total. The Hall–Kier alpha value is -0.980. The zero-order chi connectivity index (χ0) is 19.1. The maximum atomic E-state index is 9.35. The molecular weight excluding hydrogens is 441 g/mol. The van der Waals surface area contributed by atoms with Gasteiger partial charge in [0.2, 0.25) is 0 Å². The van der Waals surface area contributed by atoms with Gasteiger partial charge >= 0.3 is 0 Å². The molecule has 0 spiro atoms. The maximum absolute atomic E-state index is 9.35. The van der Waals surface area contributed by atoms with Gasteiger partial charge in [0.1, 0.15) is 6.61 Å². The Morgan fingerprint density at radius 3 is 2.62 bits per heavy atom. The first-order valence-electron chi connectivity index (χ1n) is 8.31. The van der Waals surface area contributed by atoms with Crippen LogP contribution in [0.5, 0.6) is 11.5 Å². The first-order valence-corrected chi connectivity index (χ1v) is 9.86. The molecule has 0 heterocycles.